The van der Waals surface area contributed by atoms with E-state index in [1.807, 2.05) is 0 Å². The largest absolute Gasteiger partial charge is 0.456 e. The van der Waals surface area contributed by atoms with Crippen molar-refractivity contribution in [1.29, 1.82) is 0 Å². The van der Waals surface area contributed by atoms with E-state index in [1.165, 1.54) is 70.9 Å². The maximum Gasteiger partial charge on any atom is 0.138 e. The summed E-state index contributed by atoms with van der Waals surface area (Å²) in [6, 6.07) is 92.4. The summed E-state index contributed by atoms with van der Waals surface area (Å²) in [5.41, 5.74) is 15.3. The summed E-state index contributed by atoms with van der Waals surface area (Å²) in [7, 11) is 0. The summed E-state index contributed by atoms with van der Waals surface area (Å²) in [4.78, 5) is 2.38. The standard InChI is InChI=1S/C66H42N2O/c1-4-16-43(17-5-1)45-28-33-49(34-29-45)67(50-35-30-46(31-36-50)44-18-6-2-7-19-44)51-37-39-57-60(41-51)68(48-20-8-3-9-21-48)61-42-63-66(58-26-14-15-27-62(58)69-63)64(65(57)61)47-32-38-56-54-24-11-10-22-52(54)53-23-12-13-25-55(53)59(56)40-47/h1-42H. The van der Waals surface area contributed by atoms with Crippen molar-refractivity contribution in [3.05, 3.63) is 255 Å². The van der Waals surface area contributed by atoms with Gasteiger partial charge in [-0.25, -0.2) is 0 Å². The molecule has 3 nitrogen and oxygen atoms in total. The number of benzene rings is 12. The third kappa shape index (κ3) is 6.29. The van der Waals surface area contributed by atoms with Crippen molar-refractivity contribution in [1.82, 2.24) is 4.57 Å². The molecule has 14 rings (SSSR count). The highest BCUT2D eigenvalue weighted by atomic mass is 16.3. The summed E-state index contributed by atoms with van der Waals surface area (Å²) in [5.74, 6) is 0. The van der Waals surface area contributed by atoms with E-state index < -0.39 is 0 Å². The molecule has 0 atom stereocenters. The number of furan rings is 1. The van der Waals surface area contributed by atoms with Gasteiger partial charge in [0.2, 0.25) is 0 Å². The third-order valence-corrected chi connectivity index (χ3v) is 14.1. The Morgan fingerprint density at radius 3 is 1.32 bits per heavy atom. The molecule has 2 aromatic heterocycles. The molecule has 3 heteroatoms. The summed E-state index contributed by atoms with van der Waals surface area (Å²) < 4.78 is 9.30. The molecule has 322 valence electrons. The van der Waals surface area contributed by atoms with Crippen LogP contribution < -0.4 is 4.90 Å². The Kier molecular flexibility index (Phi) is 8.90. The van der Waals surface area contributed by atoms with Gasteiger partial charge in [-0.1, -0.05) is 188 Å². The molecular weight excluding hydrogens is 837 g/mol. The van der Waals surface area contributed by atoms with Crippen molar-refractivity contribution in [3.8, 4) is 39.1 Å². The Labute approximate surface area is 399 Å². The lowest BCUT2D eigenvalue weighted by molar-refractivity contribution is 0.669. The number of anilines is 3. The lowest BCUT2D eigenvalue weighted by atomic mass is 9.89. The average molecular weight is 879 g/mol. The Balaban J connectivity index is 1.05. The normalized spacial score (nSPS) is 11.8. The van der Waals surface area contributed by atoms with E-state index in [4.69, 9.17) is 4.42 Å². The number of nitrogens with zero attached hydrogens (tertiary/aromatic N) is 2. The smallest absolute Gasteiger partial charge is 0.138 e. The van der Waals surface area contributed by atoms with Crippen LogP contribution in [0.5, 0.6) is 0 Å². The van der Waals surface area contributed by atoms with E-state index >= 15 is 0 Å². The molecule has 2 heterocycles. The predicted octanol–water partition coefficient (Wildman–Crippen LogP) is 18.6. The van der Waals surface area contributed by atoms with Crippen molar-refractivity contribution < 1.29 is 4.42 Å². The van der Waals surface area contributed by atoms with E-state index in [-0.39, 0.29) is 0 Å². The zero-order chi connectivity index (χ0) is 45.4. The second kappa shape index (κ2) is 15.7. The molecule has 0 spiro atoms. The lowest BCUT2D eigenvalue weighted by Gasteiger charge is -2.26. The molecular formula is C66H42N2O. The van der Waals surface area contributed by atoms with Gasteiger partial charge in [0, 0.05) is 55.9 Å². The number of aromatic nitrogens is 1. The first kappa shape index (κ1) is 39.0. The van der Waals surface area contributed by atoms with Gasteiger partial charge < -0.3 is 13.9 Å². The first-order chi connectivity index (χ1) is 34.2. The van der Waals surface area contributed by atoms with Gasteiger partial charge in [-0.15, -0.1) is 0 Å². The Hall–Kier alpha value is -9.18. The molecule has 0 amide bonds. The van der Waals surface area contributed by atoms with E-state index in [1.54, 1.807) is 0 Å². The summed E-state index contributed by atoms with van der Waals surface area (Å²) in [6.07, 6.45) is 0. The molecule has 0 aliphatic carbocycles. The first-order valence-corrected chi connectivity index (χ1v) is 23.7. The van der Waals surface area contributed by atoms with E-state index in [0.29, 0.717) is 0 Å². The first-order valence-electron chi connectivity index (χ1n) is 23.7. The summed E-state index contributed by atoms with van der Waals surface area (Å²) in [5, 5.41) is 12.1. The minimum atomic E-state index is 0.862. The second-order valence-corrected chi connectivity index (χ2v) is 18.0. The molecule has 0 aliphatic rings. The van der Waals surface area contributed by atoms with Crippen LogP contribution in [-0.4, -0.2) is 4.57 Å². The Morgan fingerprint density at radius 2 is 0.725 bits per heavy atom. The minimum absolute atomic E-state index is 0.862. The van der Waals surface area contributed by atoms with Gasteiger partial charge in [0.1, 0.15) is 11.2 Å². The van der Waals surface area contributed by atoms with Gasteiger partial charge in [-0.3, -0.25) is 0 Å². The number of hydrogen-bond donors (Lipinski definition) is 0. The second-order valence-electron chi connectivity index (χ2n) is 18.0. The Bertz CT molecular complexity index is 4150. The third-order valence-electron chi connectivity index (χ3n) is 14.1. The van der Waals surface area contributed by atoms with Crippen LogP contribution in [0.25, 0.3) is 115 Å². The van der Waals surface area contributed by atoms with Crippen molar-refractivity contribution in [2.75, 3.05) is 4.90 Å². The maximum absolute atomic E-state index is 6.86. The number of hydrogen-bond acceptors (Lipinski definition) is 2. The lowest BCUT2D eigenvalue weighted by Crippen LogP contribution is -2.10. The predicted molar refractivity (Wildman–Crippen MR) is 292 cm³/mol. The van der Waals surface area contributed by atoms with E-state index in [0.717, 1.165) is 61.3 Å². The molecule has 14 aromatic rings. The molecule has 0 fully saturated rings. The van der Waals surface area contributed by atoms with Crippen LogP contribution in [0.15, 0.2) is 259 Å². The van der Waals surface area contributed by atoms with Gasteiger partial charge in [-0.05, 0) is 121 Å². The zero-order valence-electron chi connectivity index (χ0n) is 37.6. The molecule has 69 heavy (non-hydrogen) atoms. The summed E-state index contributed by atoms with van der Waals surface area (Å²) >= 11 is 0. The number of fused-ring (bicyclic) bond motifs is 12. The molecule has 0 radical (unpaired) electrons. The maximum atomic E-state index is 6.86. The van der Waals surface area contributed by atoms with Gasteiger partial charge in [0.05, 0.1) is 11.0 Å². The van der Waals surface area contributed by atoms with Crippen molar-refractivity contribution in [2.24, 2.45) is 0 Å². The van der Waals surface area contributed by atoms with Gasteiger partial charge in [-0.2, -0.15) is 0 Å². The molecule has 12 aromatic carbocycles. The van der Waals surface area contributed by atoms with Crippen LogP contribution in [0.4, 0.5) is 17.1 Å². The Morgan fingerprint density at radius 1 is 0.275 bits per heavy atom. The van der Waals surface area contributed by atoms with Gasteiger partial charge >= 0.3 is 0 Å². The van der Waals surface area contributed by atoms with Crippen LogP contribution >= 0.6 is 0 Å². The van der Waals surface area contributed by atoms with Crippen molar-refractivity contribution >= 4 is 93.1 Å². The molecule has 0 aliphatic heterocycles. The van der Waals surface area contributed by atoms with Crippen LogP contribution in [-0.2, 0) is 0 Å². The highest BCUT2D eigenvalue weighted by molar-refractivity contribution is 6.30. The molecule has 0 saturated heterocycles. The molecule has 0 saturated carbocycles. The highest BCUT2D eigenvalue weighted by Crippen LogP contribution is 2.49. The summed E-state index contributed by atoms with van der Waals surface area (Å²) in [6.45, 7) is 0. The molecule has 0 unspecified atom stereocenters. The highest BCUT2D eigenvalue weighted by Gasteiger charge is 2.25. The molecule has 0 bridgehead atoms. The monoisotopic (exact) mass is 878 g/mol. The van der Waals surface area contributed by atoms with Crippen LogP contribution in [0, 0.1) is 0 Å². The fraction of sp³-hybridized carbons (Fsp3) is 0. The topological polar surface area (TPSA) is 21.3 Å². The quantitative estimate of drug-likeness (QED) is 0.149. The SMILES string of the molecule is c1ccc(-c2ccc(N(c3ccc(-c4ccccc4)cc3)c3ccc4c5c(-c6ccc7c8ccccc8c8ccccc8c7c6)c6c(cc5n(-c5ccccc5)c4c3)oc3ccccc36)cc2)cc1. The van der Waals surface area contributed by atoms with E-state index in [9.17, 15) is 0 Å². The van der Waals surface area contributed by atoms with Gasteiger partial charge in [0.15, 0.2) is 0 Å². The van der Waals surface area contributed by atoms with Gasteiger partial charge in [0.25, 0.3) is 0 Å². The molecule has 0 N–H and O–H groups in total. The fourth-order valence-corrected chi connectivity index (χ4v) is 11.0. The van der Waals surface area contributed by atoms with Crippen LogP contribution in [0.1, 0.15) is 0 Å². The van der Waals surface area contributed by atoms with Crippen LogP contribution in [0.2, 0.25) is 0 Å². The van der Waals surface area contributed by atoms with E-state index in [2.05, 4.69) is 264 Å². The van der Waals surface area contributed by atoms with Crippen molar-refractivity contribution in [3.63, 3.8) is 0 Å². The van der Waals surface area contributed by atoms with Crippen molar-refractivity contribution in [2.45, 2.75) is 0 Å². The number of para-hydroxylation sites is 2. The van der Waals surface area contributed by atoms with Crippen LogP contribution in [0.3, 0.4) is 0 Å². The number of rotatable bonds is 7. The fourth-order valence-electron chi connectivity index (χ4n) is 11.0. The zero-order valence-corrected chi connectivity index (χ0v) is 37.6. The minimum Gasteiger partial charge on any atom is -0.456 e. The average Bonchev–Trinajstić information content (AvgIpc) is 3.96.